The Morgan fingerprint density at radius 1 is 1.00 bits per heavy atom. The van der Waals surface area contributed by atoms with E-state index in [1.165, 1.54) is 6.92 Å². The van der Waals surface area contributed by atoms with Gasteiger partial charge in [-0.2, -0.15) is 0 Å². The first-order valence-electron chi connectivity index (χ1n) is 5.31. The molecule has 0 aliphatic rings. The standard InChI is InChI=1S/C7H12O5.C3H8O3/c1-2-6(10)7(11)12-4-5(9)3-8;4-1-3(6)2-5/h5,8-9H,2-4H2,1H3;3-6H,1-2H2. The Kier molecular flexibility index (Phi) is 13.3. The van der Waals surface area contributed by atoms with Gasteiger partial charge in [0, 0.05) is 6.42 Å². The van der Waals surface area contributed by atoms with Crippen LogP contribution >= 0.6 is 0 Å². The summed E-state index contributed by atoms with van der Waals surface area (Å²) in [4.78, 5) is 21.2. The molecule has 1 unspecified atom stereocenters. The highest BCUT2D eigenvalue weighted by molar-refractivity contribution is 6.33. The van der Waals surface area contributed by atoms with E-state index in [1.54, 1.807) is 0 Å². The minimum atomic E-state index is -1.11. The largest absolute Gasteiger partial charge is 0.457 e. The molecule has 0 spiro atoms. The van der Waals surface area contributed by atoms with Crippen molar-refractivity contribution in [1.82, 2.24) is 0 Å². The summed E-state index contributed by atoms with van der Waals surface area (Å²) in [6.07, 6.45) is -1.99. The van der Waals surface area contributed by atoms with Gasteiger partial charge in [-0.25, -0.2) is 4.79 Å². The van der Waals surface area contributed by atoms with E-state index in [9.17, 15) is 9.59 Å². The van der Waals surface area contributed by atoms with Crippen molar-refractivity contribution in [3.63, 3.8) is 0 Å². The van der Waals surface area contributed by atoms with E-state index in [2.05, 4.69) is 4.74 Å². The monoisotopic (exact) mass is 268 g/mol. The van der Waals surface area contributed by atoms with Crippen molar-refractivity contribution in [1.29, 1.82) is 0 Å². The van der Waals surface area contributed by atoms with Crippen molar-refractivity contribution < 1.29 is 39.9 Å². The van der Waals surface area contributed by atoms with Gasteiger partial charge in [0.1, 0.15) is 18.8 Å². The van der Waals surface area contributed by atoms with Crippen LogP contribution in [0.15, 0.2) is 0 Å². The molecular weight excluding hydrogens is 248 g/mol. The van der Waals surface area contributed by atoms with Crippen LogP contribution < -0.4 is 0 Å². The smallest absolute Gasteiger partial charge is 0.374 e. The van der Waals surface area contributed by atoms with Crippen LogP contribution in [0.3, 0.4) is 0 Å². The fraction of sp³-hybridized carbons (Fsp3) is 0.800. The summed E-state index contributed by atoms with van der Waals surface area (Å²) in [5.41, 5.74) is 0. The number of aliphatic hydroxyl groups is 5. The molecule has 108 valence electrons. The number of rotatable bonds is 7. The van der Waals surface area contributed by atoms with E-state index in [4.69, 9.17) is 25.5 Å². The number of ketones is 1. The van der Waals surface area contributed by atoms with Crippen molar-refractivity contribution in [3.05, 3.63) is 0 Å². The van der Waals surface area contributed by atoms with E-state index >= 15 is 0 Å². The predicted octanol–water partition coefficient (Wildman–Crippen LogP) is -2.81. The van der Waals surface area contributed by atoms with Gasteiger partial charge in [0.15, 0.2) is 0 Å². The molecule has 0 fully saturated rings. The third-order valence-corrected chi connectivity index (χ3v) is 1.59. The Bertz CT molecular complexity index is 226. The first-order valence-corrected chi connectivity index (χ1v) is 5.31. The summed E-state index contributed by atoms with van der Waals surface area (Å²) < 4.78 is 4.35. The highest BCUT2D eigenvalue weighted by Crippen LogP contribution is 1.89. The number of Topliss-reactive ketones (excluding diaryl/α,β-unsaturated/α-hetero) is 1. The maximum Gasteiger partial charge on any atom is 0.374 e. The molecule has 0 saturated carbocycles. The summed E-state index contributed by atoms with van der Waals surface area (Å²) in [7, 11) is 0. The van der Waals surface area contributed by atoms with Gasteiger partial charge in [-0.1, -0.05) is 6.92 Å². The van der Waals surface area contributed by atoms with E-state index in [0.29, 0.717) is 0 Å². The molecule has 18 heavy (non-hydrogen) atoms. The van der Waals surface area contributed by atoms with Gasteiger partial charge in [0.2, 0.25) is 5.78 Å². The maximum atomic E-state index is 10.6. The quantitative estimate of drug-likeness (QED) is 0.246. The second-order valence-electron chi connectivity index (χ2n) is 3.23. The highest BCUT2D eigenvalue weighted by Gasteiger charge is 2.14. The summed E-state index contributed by atoms with van der Waals surface area (Å²) in [5.74, 6) is -1.61. The lowest BCUT2D eigenvalue weighted by molar-refractivity contribution is -0.156. The number of esters is 1. The average Bonchev–Trinajstić information content (AvgIpc) is 2.42. The first-order chi connectivity index (χ1) is 8.42. The van der Waals surface area contributed by atoms with E-state index in [1.807, 2.05) is 0 Å². The topological polar surface area (TPSA) is 145 Å². The number of carbonyl (C=O) groups is 2. The van der Waals surface area contributed by atoms with Crippen LogP contribution in [-0.2, 0) is 14.3 Å². The molecule has 0 aromatic heterocycles. The Morgan fingerprint density at radius 3 is 1.72 bits per heavy atom. The molecule has 0 radical (unpaired) electrons. The predicted molar refractivity (Wildman–Crippen MR) is 59.5 cm³/mol. The number of carbonyl (C=O) groups excluding carboxylic acids is 2. The van der Waals surface area contributed by atoms with Crippen LogP contribution in [0.25, 0.3) is 0 Å². The molecule has 8 heteroatoms. The van der Waals surface area contributed by atoms with Crippen molar-refractivity contribution in [3.8, 4) is 0 Å². The van der Waals surface area contributed by atoms with Crippen molar-refractivity contribution in [2.75, 3.05) is 26.4 Å². The van der Waals surface area contributed by atoms with Crippen LogP contribution in [0.1, 0.15) is 13.3 Å². The average molecular weight is 268 g/mol. The fourth-order valence-electron chi connectivity index (χ4n) is 0.507. The van der Waals surface area contributed by atoms with Crippen LogP contribution in [0.5, 0.6) is 0 Å². The Morgan fingerprint density at radius 2 is 1.44 bits per heavy atom. The van der Waals surface area contributed by atoms with E-state index < -0.39 is 30.6 Å². The number of hydrogen-bond acceptors (Lipinski definition) is 8. The lowest BCUT2D eigenvalue weighted by atomic mass is 10.3. The van der Waals surface area contributed by atoms with Crippen LogP contribution in [0.2, 0.25) is 0 Å². The molecule has 0 aliphatic heterocycles. The van der Waals surface area contributed by atoms with Gasteiger partial charge in [-0.15, -0.1) is 0 Å². The van der Waals surface area contributed by atoms with Gasteiger partial charge in [-0.3, -0.25) is 4.79 Å². The molecule has 8 nitrogen and oxygen atoms in total. The number of ether oxygens (including phenoxy) is 1. The molecule has 0 amide bonds. The zero-order chi connectivity index (χ0) is 14.6. The zero-order valence-electron chi connectivity index (χ0n) is 10.2. The molecule has 1 atom stereocenters. The molecule has 0 aliphatic carbocycles. The summed E-state index contributed by atoms with van der Waals surface area (Å²) in [5, 5.41) is 41.1. The fourth-order valence-corrected chi connectivity index (χ4v) is 0.507. The van der Waals surface area contributed by atoms with Gasteiger partial charge >= 0.3 is 5.97 Å². The van der Waals surface area contributed by atoms with Crippen molar-refractivity contribution >= 4 is 11.8 Å². The molecule has 5 N–H and O–H groups in total. The van der Waals surface area contributed by atoms with Gasteiger partial charge in [0.25, 0.3) is 0 Å². The molecule has 0 heterocycles. The molecule has 0 aromatic carbocycles. The Balaban J connectivity index is 0. The van der Waals surface area contributed by atoms with E-state index in [0.717, 1.165) is 0 Å². The highest BCUT2D eigenvalue weighted by atomic mass is 16.5. The normalized spacial score (nSPS) is 11.5. The minimum absolute atomic E-state index is 0.0774. The van der Waals surface area contributed by atoms with Gasteiger partial charge in [0.05, 0.1) is 19.8 Å². The summed E-state index contributed by atoms with van der Waals surface area (Å²) >= 11 is 0. The minimum Gasteiger partial charge on any atom is -0.457 e. The van der Waals surface area contributed by atoms with Crippen LogP contribution in [0, 0.1) is 0 Å². The molecule has 0 bridgehead atoms. The van der Waals surface area contributed by atoms with Gasteiger partial charge < -0.3 is 30.3 Å². The lowest BCUT2D eigenvalue weighted by Crippen LogP contribution is -2.25. The Labute approximate surface area is 104 Å². The van der Waals surface area contributed by atoms with Crippen molar-refractivity contribution in [2.45, 2.75) is 25.6 Å². The molecular formula is C10H20O8. The first kappa shape index (κ1) is 19.3. The second kappa shape index (κ2) is 12.4. The summed E-state index contributed by atoms with van der Waals surface area (Å²) in [6.45, 7) is -0.0340. The molecule has 0 aromatic rings. The molecule has 0 rings (SSSR count). The van der Waals surface area contributed by atoms with Gasteiger partial charge in [-0.05, 0) is 0 Å². The maximum absolute atomic E-state index is 10.6. The third-order valence-electron chi connectivity index (χ3n) is 1.59. The Hall–Kier alpha value is -1.06. The van der Waals surface area contributed by atoms with E-state index in [-0.39, 0.29) is 26.2 Å². The van der Waals surface area contributed by atoms with Crippen LogP contribution in [0.4, 0.5) is 0 Å². The number of hydrogen-bond donors (Lipinski definition) is 5. The van der Waals surface area contributed by atoms with Crippen LogP contribution in [-0.4, -0.2) is 75.9 Å². The second-order valence-corrected chi connectivity index (χ2v) is 3.23. The lowest BCUT2D eigenvalue weighted by Gasteiger charge is -2.06. The molecule has 0 saturated heterocycles. The van der Waals surface area contributed by atoms with Crippen molar-refractivity contribution in [2.24, 2.45) is 0 Å². The number of aliphatic hydroxyl groups excluding tert-OH is 5. The third kappa shape index (κ3) is 11.4. The SMILES string of the molecule is CCC(=O)C(=O)OCC(O)CO.OCC(O)CO. The zero-order valence-corrected chi connectivity index (χ0v) is 10.2. The summed E-state index contributed by atoms with van der Waals surface area (Å²) in [6, 6.07) is 0.